The number of carbonyl (C=O) groups is 1. The number of nitro benzene ring substituents is 1. The van der Waals surface area contributed by atoms with E-state index in [4.69, 9.17) is 18.9 Å². The number of hydrogen-bond donors (Lipinski definition) is 0. The van der Waals surface area contributed by atoms with Crippen LogP contribution >= 0.6 is 0 Å². The number of fused-ring (bicyclic) bond motifs is 3. The number of ether oxygens (including phenoxy) is 4. The molecule has 0 unspecified atom stereocenters. The van der Waals surface area contributed by atoms with Crippen LogP contribution in [0.5, 0.6) is 5.75 Å². The van der Waals surface area contributed by atoms with Crippen LogP contribution in [0.25, 0.3) is 0 Å². The summed E-state index contributed by atoms with van der Waals surface area (Å²) < 4.78 is 26.0. The molecule has 1 aliphatic carbocycles. The Balaban J connectivity index is 1.25. The van der Waals surface area contributed by atoms with Crippen molar-refractivity contribution in [2.24, 2.45) is 5.41 Å². The van der Waals surface area contributed by atoms with Crippen molar-refractivity contribution in [3.8, 4) is 5.75 Å². The number of rotatable bonds is 3. The Morgan fingerprint density at radius 1 is 0.951 bits per heavy atom. The Labute approximate surface area is 238 Å². The first-order valence-electron chi connectivity index (χ1n) is 15.0. The summed E-state index contributed by atoms with van der Waals surface area (Å²) in [6, 6.07) is 13.9. The van der Waals surface area contributed by atoms with Gasteiger partial charge in [0.05, 0.1) is 21.9 Å². The summed E-state index contributed by atoms with van der Waals surface area (Å²) in [6.07, 6.45) is 9.33. The van der Waals surface area contributed by atoms with Crippen molar-refractivity contribution in [1.82, 2.24) is 4.90 Å². The molecule has 8 rings (SSSR count). The van der Waals surface area contributed by atoms with Crippen LogP contribution in [0.15, 0.2) is 60.4 Å². The molecule has 0 aromatic heterocycles. The standard InChI is InChI=1S/C32H34N2O7/c35-29-22-8-2-3-10-24(22)38-19-32(29)27(20-11-13-21(14-12-20)34(36)37)23-9-4-7-17-33(23)28(32)25-18-26-30(39-25)41-31(40-26)15-5-1-6-16-31/h2-3,8,10-14,18,23,26-28,30H,1,4-7,9,15-17,19H2/t23-,26+,27+,28-,30+,32+/m1/s1. The lowest BCUT2D eigenvalue weighted by Gasteiger charge is -2.42. The lowest BCUT2D eigenvalue weighted by molar-refractivity contribution is -0.384. The Morgan fingerprint density at radius 2 is 1.76 bits per heavy atom. The largest absolute Gasteiger partial charge is 0.492 e. The first-order valence-corrected chi connectivity index (χ1v) is 15.0. The number of carbonyl (C=O) groups excluding carboxylic acids is 1. The van der Waals surface area contributed by atoms with Crippen molar-refractivity contribution in [3.05, 3.63) is 81.6 Å². The molecule has 4 fully saturated rings. The third kappa shape index (κ3) is 3.75. The van der Waals surface area contributed by atoms with E-state index >= 15 is 0 Å². The van der Waals surface area contributed by atoms with Gasteiger partial charge >= 0.3 is 0 Å². The zero-order valence-corrected chi connectivity index (χ0v) is 22.9. The zero-order valence-electron chi connectivity index (χ0n) is 22.9. The number of Topliss-reactive ketones (excluding diaryl/α,β-unsaturated/α-hetero) is 1. The smallest absolute Gasteiger partial charge is 0.269 e. The zero-order chi connectivity index (χ0) is 27.8. The highest BCUT2D eigenvalue weighted by molar-refractivity contribution is 6.05. The molecule has 2 spiro atoms. The fraction of sp³-hybridized carbons (Fsp3) is 0.531. The second kappa shape index (κ2) is 9.37. The van der Waals surface area contributed by atoms with E-state index in [1.807, 2.05) is 36.4 Å². The van der Waals surface area contributed by atoms with Gasteiger partial charge in [0, 0.05) is 36.9 Å². The van der Waals surface area contributed by atoms with E-state index in [1.165, 1.54) is 6.42 Å². The molecule has 0 amide bonds. The Hall–Kier alpha value is -3.27. The lowest BCUT2D eigenvalue weighted by atomic mass is 9.63. The molecule has 1 saturated carbocycles. The average molecular weight is 559 g/mol. The number of nitro groups is 1. The second-order valence-corrected chi connectivity index (χ2v) is 12.4. The van der Waals surface area contributed by atoms with Crippen LogP contribution in [-0.4, -0.2) is 59.0 Å². The molecule has 6 aliphatic rings. The highest BCUT2D eigenvalue weighted by atomic mass is 16.8. The van der Waals surface area contributed by atoms with Gasteiger partial charge in [0.1, 0.15) is 24.2 Å². The third-order valence-electron chi connectivity index (χ3n) is 10.3. The number of benzene rings is 2. The molecule has 0 bridgehead atoms. The highest BCUT2D eigenvalue weighted by Crippen LogP contribution is 2.60. The van der Waals surface area contributed by atoms with E-state index in [0.29, 0.717) is 11.3 Å². The first-order chi connectivity index (χ1) is 20.0. The lowest BCUT2D eigenvalue weighted by Crippen LogP contribution is -2.53. The summed E-state index contributed by atoms with van der Waals surface area (Å²) in [5.41, 5.74) is 0.545. The molecule has 41 heavy (non-hydrogen) atoms. The molecule has 214 valence electrons. The predicted molar refractivity (Wildman–Crippen MR) is 147 cm³/mol. The van der Waals surface area contributed by atoms with Crippen LogP contribution in [-0.2, 0) is 14.2 Å². The number of hydrogen-bond acceptors (Lipinski definition) is 8. The number of non-ortho nitro benzene ring substituents is 1. The average Bonchev–Trinajstić information content (AvgIpc) is 3.61. The molecule has 9 nitrogen and oxygen atoms in total. The van der Waals surface area contributed by atoms with Crippen LogP contribution < -0.4 is 4.74 Å². The maximum atomic E-state index is 14.8. The third-order valence-corrected chi connectivity index (χ3v) is 10.3. The highest BCUT2D eigenvalue weighted by Gasteiger charge is 2.68. The second-order valence-electron chi connectivity index (χ2n) is 12.4. The Bertz CT molecular complexity index is 1420. The minimum Gasteiger partial charge on any atom is -0.492 e. The SMILES string of the molecule is O=C1c2ccccc2OC[C@@]12[C@@H](c1ccc([N+](=O)[O-])cc1)[C@H]1CCCCN1[C@@H]2C1=C[C@@H]2OC3(CCCCC3)O[C@@H]2O1. The van der Waals surface area contributed by atoms with E-state index in [2.05, 4.69) is 11.0 Å². The van der Waals surface area contributed by atoms with Gasteiger partial charge in [-0.15, -0.1) is 0 Å². The topological polar surface area (TPSA) is 100 Å². The first kappa shape index (κ1) is 25.4. The van der Waals surface area contributed by atoms with Gasteiger partial charge in [-0.1, -0.05) is 37.1 Å². The summed E-state index contributed by atoms with van der Waals surface area (Å²) >= 11 is 0. The van der Waals surface area contributed by atoms with E-state index in [9.17, 15) is 14.9 Å². The van der Waals surface area contributed by atoms with Crippen LogP contribution in [0.1, 0.15) is 73.2 Å². The fourth-order valence-electron chi connectivity index (χ4n) is 8.57. The molecule has 5 aliphatic heterocycles. The van der Waals surface area contributed by atoms with Crippen LogP contribution in [0, 0.1) is 15.5 Å². The van der Waals surface area contributed by atoms with E-state index < -0.39 is 17.5 Å². The van der Waals surface area contributed by atoms with Crippen LogP contribution in [0.3, 0.4) is 0 Å². The summed E-state index contributed by atoms with van der Waals surface area (Å²) in [5.74, 6) is 0.553. The molecule has 9 heteroatoms. The molecule has 3 saturated heterocycles. The molecule has 2 aromatic carbocycles. The quantitative estimate of drug-likeness (QED) is 0.360. The van der Waals surface area contributed by atoms with Crippen molar-refractivity contribution in [1.29, 1.82) is 0 Å². The Kier molecular flexibility index (Phi) is 5.82. The number of para-hydroxylation sites is 1. The number of ketones is 1. The summed E-state index contributed by atoms with van der Waals surface area (Å²) in [4.78, 5) is 28.3. The minimum absolute atomic E-state index is 0.0363. The number of nitrogens with zero attached hydrogens (tertiary/aromatic N) is 2. The molecule has 0 radical (unpaired) electrons. The van der Waals surface area contributed by atoms with Crippen LogP contribution in [0.2, 0.25) is 0 Å². The monoisotopic (exact) mass is 558 g/mol. The van der Waals surface area contributed by atoms with Gasteiger partial charge in [-0.05, 0) is 56.0 Å². The van der Waals surface area contributed by atoms with Crippen molar-refractivity contribution >= 4 is 11.5 Å². The molecular formula is C32H34N2O7. The van der Waals surface area contributed by atoms with Gasteiger partial charge in [-0.25, -0.2) is 0 Å². The van der Waals surface area contributed by atoms with E-state index in [1.54, 1.807) is 12.1 Å². The van der Waals surface area contributed by atoms with Gasteiger partial charge in [0.25, 0.3) is 5.69 Å². The van der Waals surface area contributed by atoms with Gasteiger partial charge in [-0.2, -0.15) is 0 Å². The summed E-state index contributed by atoms with van der Waals surface area (Å²) in [6.45, 7) is 1.03. The molecule has 2 aromatic rings. The molecular weight excluding hydrogens is 524 g/mol. The van der Waals surface area contributed by atoms with Crippen molar-refractivity contribution in [3.63, 3.8) is 0 Å². The molecule has 0 N–H and O–H groups in total. The van der Waals surface area contributed by atoms with Crippen molar-refractivity contribution in [2.45, 2.75) is 87.5 Å². The molecule has 6 atom stereocenters. The normalized spacial score (nSPS) is 35.4. The maximum absolute atomic E-state index is 14.8. The van der Waals surface area contributed by atoms with Gasteiger partial charge < -0.3 is 18.9 Å². The van der Waals surface area contributed by atoms with Crippen molar-refractivity contribution < 1.29 is 28.7 Å². The van der Waals surface area contributed by atoms with Gasteiger partial charge in [0.15, 0.2) is 11.6 Å². The van der Waals surface area contributed by atoms with Crippen molar-refractivity contribution in [2.75, 3.05) is 13.2 Å². The summed E-state index contributed by atoms with van der Waals surface area (Å²) in [7, 11) is 0. The maximum Gasteiger partial charge on any atom is 0.269 e. The minimum atomic E-state index is -0.980. The van der Waals surface area contributed by atoms with E-state index in [0.717, 1.165) is 62.8 Å². The van der Waals surface area contributed by atoms with Gasteiger partial charge in [0.2, 0.25) is 6.29 Å². The number of piperidine rings is 1. The van der Waals surface area contributed by atoms with E-state index in [-0.39, 0.29) is 47.1 Å². The summed E-state index contributed by atoms with van der Waals surface area (Å²) in [5, 5.41) is 11.5. The Morgan fingerprint density at radius 3 is 2.54 bits per heavy atom. The van der Waals surface area contributed by atoms with Crippen LogP contribution in [0.4, 0.5) is 5.69 Å². The van der Waals surface area contributed by atoms with Gasteiger partial charge in [-0.3, -0.25) is 19.8 Å². The fourth-order valence-corrected chi connectivity index (χ4v) is 8.57. The predicted octanol–water partition coefficient (Wildman–Crippen LogP) is 5.49. The molecule has 5 heterocycles.